The highest BCUT2D eigenvalue weighted by atomic mass is 19.4. The summed E-state index contributed by atoms with van der Waals surface area (Å²) in [6.07, 6.45) is 13.0. The Kier molecular flexibility index (Phi) is 13.8. The van der Waals surface area contributed by atoms with E-state index in [1.165, 1.54) is 44.9 Å². The van der Waals surface area contributed by atoms with Crippen LogP contribution >= 0.6 is 0 Å². The molecule has 0 aromatic heterocycles. The zero-order chi connectivity index (χ0) is 33.0. The molecule has 2 aliphatic carbocycles. The third kappa shape index (κ3) is 11.9. The maximum absolute atomic E-state index is 15.1. The van der Waals surface area contributed by atoms with Gasteiger partial charge in [-0.2, -0.15) is 8.78 Å². The molecule has 0 heterocycles. The average molecular weight is 653 g/mol. The quantitative estimate of drug-likeness (QED) is 0.102. The summed E-state index contributed by atoms with van der Waals surface area (Å²) >= 11 is 0. The highest BCUT2D eigenvalue weighted by molar-refractivity contribution is 5.31. The lowest BCUT2D eigenvalue weighted by Crippen LogP contribution is -2.37. The third-order valence-corrected chi connectivity index (χ3v) is 9.81. The van der Waals surface area contributed by atoms with Gasteiger partial charge in [0, 0.05) is 0 Å². The molecule has 0 aliphatic heterocycles. The van der Waals surface area contributed by atoms with Crippen molar-refractivity contribution in [2.24, 2.45) is 17.8 Å². The Bertz CT molecular complexity index is 1190. The fraction of sp³-hybridized carbons (Fsp3) is 0.632. The monoisotopic (exact) mass is 652 g/mol. The second-order valence-corrected chi connectivity index (χ2v) is 13.4. The molecule has 2 nitrogen and oxygen atoms in total. The van der Waals surface area contributed by atoms with Gasteiger partial charge in [-0.25, -0.2) is 4.39 Å². The number of ether oxygens (including phenoxy) is 2. The second-order valence-electron chi connectivity index (χ2n) is 13.4. The van der Waals surface area contributed by atoms with E-state index in [9.17, 15) is 22.0 Å². The maximum atomic E-state index is 15.1. The van der Waals surface area contributed by atoms with Crippen molar-refractivity contribution >= 4 is 0 Å². The smallest absolute Gasteiger partial charge is 0.432 e. The van der Waals surface area contributed by atoms with Crippen LogP contribution in [-0.2, 0) is 6.42 Å². The first-order valence-electron chi connectivity index (χ1n) is 17.4. The molecule has 2 aliphatic rings. The van der Waals surface area contributed by atoms with Gasteiger partial charge in [0.2, 0.25) is 0 Å². The normalized spacial score (nSPS) is 22.7. The fourth-order valence-corrected chi connectivity index (χ4v) is 7.05. The minimum atomic E-state index is -4.85. The van der Waals surface area contributed by atoms with E-state index >= 15 is 4.39 Å². The molecule has 0 saturated heterocycles. The molecule has 0 unspecified atom stereocenters. The van der Waals surface area contributed by atoms with E-state index in [2.05, 4.69) is 29.9 Å². The fourth-order valence-electron chi connectivity index (χ4n) is 7.05. The molecule has 0 bridgehead atoms. The summed E-state index contributed by atoms with van der Waals surface area (Å²) in [6.45, 7) is 2.23. The van der Waals surface area contributed by atoms with Crippen LogP contribution in [0.4, 0.5) is 26.3 Å². The number of allylic oxidation sites excluding steroid dienone is 2. The molecule has 0 atom stereocenters. The van der Waals surface area contributed by atoms with Gasteiger partial charge in [0.15, 0.2) is 0 Å². The van der Waals surface area contributed by atoms with Gasteiger partial charge in [-0.15, -0.1) is 13.2 Å². The first-order valence-corrected chi connectivity index (χ1v) is 17.4. The van der Waals surface area contributed by atoms with Gasteiger partial charge in [0.1, 0.15) is 17.3 Å². The van der Waals surface area contributed by atoms with Crippen molar-refractivity contribution in [3.8, 4) is 11.5 Å². The number of unbranched alkanes of at least 4 members (excludes halogenated alkanes) is 7. The highest BCUT2D eigenvalue weighted by Gasteiger charge is 2.44. The number of hydrogen-bond donors (Lipinski definition) is 0. The first kappa shape index (κ1) is 36.2. The van der Waals surface area contributed by atoms with Gasteiger partial charge in [-0.1, -0.05) is 76.2 Å². The summed E-state index contributed by atoms with van der Waals surface area (Å²) in [7, 11) is 0. The Morgan fingerprint density at radius 1 is 0.652 bits per heavy atom. The summed E-state index contributed by atoms with van der Waals surface area (Å²) < 4.78 is 90.4. The van der Waals surface area contributed by atoms with Crippen molar-refractivity contribution in [2.75, 3.05) is 0 Å². The zero-order valence-electron chi connectivity index (χ0n) is 27.1. The van der Waals surface area contributed by atoms with E-state index in [0.717, 1.165) is 73.9 Å². The van der Waals surface area contributed by atoms with Crippen molar-refractivity contribution in [1.29, 1.82) is 0 Å². The van der Waals surface area contributed by atoms with E-state index in [4.69, 9.17) is 4.74 Å². The highest BCUT2D eigenvalue weighted by Crippen LogP contribution is 2.42. The average Bonchev–Trinajstić information content (AvgIpc) is 3.02. The van der Waals surface area contributed by atoms with Gasteiger partial charge >= 0.3 is 12.5 Å². The molecule has 2 saturated carbocycles. The van der Waals surface area contributed by atoms with Crippen LogP contribution in [0.15, 0.2) is 54.6 Å². The molecule has 0 amide bonds. The van der Waals surface area contributed by atoms with Crippen LogP contribution in [0.5, 0.6) is 11.5 Å². The van der Waals surface area contributed by atoms with Crippen LogP contribution in [-0.4, -0.2) is 12.5 Å². The van der Waals surface area contributed by atoms with Crippen molar-refractivity contribution in [1.82, 2.24) is 0 Å². The molecular formula is C38H50F6O2. The number of alkyl halides is 5. The predicted octanol–water partition coefficient (Wildman–Crippen LogP) is 12.7. The minimum absolute atomic E-state index is 0.0684. The number of aryl methyl sites for hydroxylation is 1. The number of hydrogen-bond acceptors (Lipinski definition) is 2. The molecule has 0 N–H and O–H groups in total. The van der Waals surface area contributed by atoms with Crippen molar-refractivity contribution in [3.63, 3.8) is 0 Å². The molecular weight excluding hydrogens is 602 g/mol. The summed E-state index contributed by atoms with van der Waals surface area (Å²) in [5, 5.41) is 0. The maximum Gasteiger partial charge on any atom is 0.573 e. The predicted molar refractivity (Wildman–Crippen MR) is 171 cm³/mol. The molecule has 46 heavy (non-hydrogen) atoms. The molecule has 2 fully saturated rings. The molecule has 8 heteroatoms. The Morgan fingerprint density at radius 2 is 1.17 bits per heavy atom. The summed E-state index contributed by atoms with van der Waals surface area (Å²) in [6, 6.07) is 9.89. The van der Waals surface area contributed by atoms with E-state index in [0.29, 0.717) is 31.6 Å². The number of benzene rings is 2. The van der Waals surface area contributed by atoms with Crippen molar-refractivity contribution < 1.29 is 35.8 Å². The van der Waals surface area contributed by atoms with Gasteiger partial charge in [-0.3, -0.25) is 0 Å². The SMILES string of the molecule is CCCCCCCCCCc1ccc(C2CCC(/C=C/C3CCC(C(F)(F)Oc4ccc(OC(F)(F)F)cc4)CC3)CC2)c(F)c1. The Hall–Kier alpha value is -2.64. The van der Waals surface area contributed by atoms with Crippen LogP contribution in [0, 0.1) is 23.6 Å². The Balaban J connectivity index is 1.14. The lowest BCUT2D eigenvalue weighted by molar-refractivity contribution is -0.274. The second kappa shape index (κ2) is 17.5. The molecule has 2 aromatic rings. The lowest BCUT2D eigenvalue weighted by Gasteiger charge is -2.32. The standard InChI is InChI=1S/C38H50F6O2/c1-2-3-4-5-6-7-8-9-10-30-17-26-35(36(39)27-30)31-18-13-28(14-19-31)11-12-29-15-20-32(21-16-29)37(40,41)45-33-22-24-34(25-23-33)46-38(42,43)44/h11-12,17,22-29,31-32H,2-10,13-16,18-21H2,1H3/b12-11+. The van der Waals surface area contributed by atoms with Gasteiger partial charge < -0.3 is 9.47 Å². The Morgan fingerprint density at radius 3 is 1.72 bits per heavy atom. The molecule has 2 aromatic carbocycles. The van der Waals surface area contributed by atoms with Crippen LogP contribution in [0.25, 0.3) is 0 Å². The number of halogens is 6. The summed E-state index contributed by atoms with van der Waals surface area (Å²) in [4.78, 5) is 0. The summed E-state index contributed by atoms with van der Waals surface area (Å²) in [5.74, 6) is -0.822. The first-order chi connectivity index (χ1) is 22.0. The van der Waals surface area contributed by atoms with E-state index in [1.54, 1.807) is 6.07 Å². The van der Waals surface area contributed by atoms with Crippen LogP contribution < -0.4 is 9.47 Å². The Labute approximate surface area is 270 Å². The molecule has 0 radical (unpaired) electrons. The van der Waals surface area contributed by atoms with E-state index < -0.39 is 24.1 Å². The summed E-state index contributed by atoms with van der Waals surface area (Å²) in [5.41, 5.74) is 1.94. The molecule has 4 rings (SSSR count). The largest absolute Gasteiger partial charge is 0.573 e. The lowest BCUT2D eigenvalue weighted by atomic mass is 9.77. The topological polar surface area (TPSA) is 18.5 Å². The van der Waals surface area contributed by atoms with Gasteiger partial charge in [0.25, 0.3) is 0 Å². The van der Waals surface area contributed by atoms with Crippen LogP contribution in [0.1, 0.15) is 127 Å². The zero-order valence-corrected chi connectivity index (χ0v) is 27.1. The van der Waals surface area contributed by atoms with Crippen molar-refractivity contribution in [3.05, 3.63) is 71.6 Å². The molecule has 256 valence electrons. The molecule has 0 spiro atoms. The number of rotatable bonds is 16. The minimum Gasteiger partial charge on any atom is -0.432 e. The van der Waals surface area contributed by atoms with E-state index in [-0.39, 0.29) is 23.4 Å². The van der Waals surface area contributed by atoms with Crippen molar-refractivity contribution in [2.45, 2.75) is 134 Å². The van der Waals surface area contributed by atoms with Gasteiger partial charge in [-0.05, 0) is 123 Å². The van der Waals surface area contributed by atoms with Crippen LogP contribution in [0.3, 0.4) is 0 Å². The van der Waals surface area contributed by atoms with Gasteiger partial charge in [0.05, 0.1) is 5.92 Å². The van der Waals surface area contributed by atoms with E-state index in [1.807, 2.05) is 6.07 Å². The third-order valence-electron chi connectivity index (χ3n) is 9.81. The van der Waals surface area contributed by atoms with Crippen LogP contribution in [0.2, 0.25) is 0 Å².